The molecule has 1 fully saturated rings. The first-order valence-electron chi connectivity index (χ1n) is 7.36. The number of methoxy groups -OCH3 is 1. The van der Waals surface area contributed by atoms with Crippen LogP contribution in [-0.2, 0) is 16.1 Å². The van der Waals surface area contributed by atoms with Crippen molar-refractivity contribution < 1.29 is 9.53 Å². The van der Waals surface area contributed by atoms with E-state index >= 15 is 0 Å². The van der Waals surface area contributed by atoms with E-state index in [0.29, 0.717) is 25.3 Å². The van der Waals surface area contributed by atoms with Gasteiger partial charge >= 0.3 is 0 Å². The molecule has 2 atom stereocenters. The lowest BCUT2D eigenvalue weighted by Crippen LogP contribution is -2.40. The zero-order chi connectivity index (χ0) is 15.9. The molecule has 0 aromatic carbocycles. The molecule has 22 heavy (non-hydrogen) atoms. The average molecular weight is 303 g/mol. The second-order valence-corrected chi connectivity index (χ2v) is 5.86. The van der Waals surface area contributed by atoms with E-state index in [9.17, 15) is 4.79 Å². The van der Waals surface area contributed by atoms with Crippen LogP contribution in [0.3, 0.4) is 0 Å². The fourth-order valence-electron chi connectivity index (χ4n) is 3.22. The summed E-state index contributed by atoms with van der Waals surface area (Å²) < 4.78 is 7.40. The third-order valence-corrected chi connectivity index (χ3v) is 4.26. The first-order chi connectivity index (χ1) is 10.5. The molecule has 7 heteroatoms. The highest BCUT2D eigenvalue weighted by Gasteiger charge is 2.36. The Kier molecular flexibility index (Phi) is 3.84. The van der Waals surface area contributed by atoms with Crippen molar-refractivity contribution in [1.29, 1.82) is 0 Å². The molecule has 0 spiro atoms. The second kappa shape index (κ2) is 5.66. The molecule has 1 amide bonds. The number of rotatable bonds is 4. The summed E-state index contributed by atoms with van der Waals surface area (Å²) in [7, 11) is 1.66. The Morgan fingerprint density at radius 3 is 2.95 bits per heavy atom. The van der Waals surface area contributed by atoms with Crippen LogP contribution >= 0.6 is 0 Å². The SMILES string of the molecule is CO[C@H]1C[C@@H](C(N)=O)N(Cc2cnc3nc(C)cc(C)n23)C1. The van der Waals surface area contributed by atoms with Gasteiger partial charge in [0.2, 0.25) is 11.7 Å². The first kappa shape index (κ1) is 14.9. The summed E-state index contributed by atoms with van der Waals surface area (Å²) in [6, 6.07) is 1.72. The predicted molar refractivity (Wildman–Crippen MR) is 81.3 cm³/mol. The molecule has 1 aliphatic rings. The highest BCUT2D eigenvalue weighted by Crippen LogP contribution is 2.23. The number of amides is 1. The Labute approximate surface area is 129 Å². The number of nitrogens with two attached hydrogens (primary N) is 1. The van der Waals surface area contributed by atoms with Gasteiger partial charge in [0.25, 0.3) is 0 Å². The largest absolute Gasteiger partial charge is 0.380 e. The van der Waals surface area contributed by atoms with Gasteiger partial charge in [-0.15, -0.1) is 0 Å². The molecular weight excluding hydrogens is 282 g/mol. The highest BCUT2D eigenvalue weighted by atomic mass is 16.5. The van der Waals surface area contributed by atoms with Crippen molar-refractivity contribution in [1.82, 2.24) is 19.3 Å². The van der Waals surface area contributed by atoms with Crippen LogP contribution in [0.25, 0.3) is 5.78 Å². The lowest BCUT2D eigenvalue weighted by molar-refractivity contribution is -0.122. The lowest BCUT2D eigenvalue weighted by Gasteiger charge is -2.21. The predicted octanol–water partition coefficient (Wildman–Crippen LogP) is 0.421. The van der Waals surface area contributed by atoms with Gasteiger partial charge in [-0.2, -0.15) is 0 Å². The van der Waals surface area contributed by atoms with Crippen LogP contribution in [0.5, 0.6) is 0 Å². The molecule has 0 radical (unpaired) electrons. The third-order valence-electron chi connectivity index (χ3n) is 4.26. The number of fused-ring (bicyclic) bond motifs is 1. The highest BCUT2D eigenvalue weighted by molar-refractivity contribution is 5.80. The van der Waals surface area contributed by atoms with E-state index in [4.69, 9.17) is 10.5 Å². The van der Waals surface area contributed by atoms with Crippen molar-refractivity contribution in [2.75, 3.05) is 13.7 Å². The molecule has 7 nitrogen and oxygen atoms in total. The molecule has 0 bridgehead atoms. The van der Waals surface area contributed by atoms with E-state index in [1.165, 1.54) is 0 Å². The number of aryl methyl sites for hydroxylation is 2. The smallest absolute Gasteiger partial charge is 0.234 e. The normalized spacial score (nSPS) is 22.5. The van der Waals surface area contributed by atoms with Gasteiger partial charge in [-0.05, 0) is 26.3 Å². The monoisotopic (exact) mass is 303 g/mol. The van der Waals surface area contributed by atoms with Gasteiger partial charge in [0, 0.05) is 31.6 Å². The fourth-order valence-corrected chi connectivity index (χ4v) is 3.22. The summed E-state index contributed by atoms with van der Waals surface area (Å²) in [4.78, 5) is 22.5. The van der Waals surface area contributed by atoms with Crippen molar-refractivity contribution in [2.24, 2.45) is 5.73 Å². The molecule has 2 N–H and O–H groups in total. The summed E-state index contributed by atoms with van der Waals surface area (Å²) in [6.07, 6.45) is 2.49. The summed E-state index contributed by atoms with van der Waals surface area (Å²) in [5.74, 6) is 0.379. The van der Waals surface area contributed by atoms with Crippen LogP contribution in [0.15, 0.2) is 12.3 Å². The molecule has 3 rings (SSSR count). The van der Waals surface area contributed by atoms with Gasteiger partial charge in [0.05, 0.1) is 24.0 Å². The van der Waals surface area contributed by atoms with Crippen LogP contribution in [0.2, 0.25) is 0 Å². The molecule has 0 unspecified atom stereocenters. The van der Waals surface area contributed by atoms with Gasteiger partial charge in [-0.3, -0.25) is 14.1 Å². The Hall–Kier alpha value is -1.99. The van der Waals surface area contributed by atoms with Crippen molar-refractivity contribution in [3.8, 4) is 0 Å². The van der Waals surface area contributed by atoms with Crippen molar-refractivity contribution in [3.63, 3.8) is 0 Å². The number of carbonyl (C=O) groups is 1. The standard InChI is InChI=1S/C15H21N5O2/c1-9-4-10(2)20-11(6-17-15(20)18-9)7-19-8-12(22-3)5-13(19)14(16)21/h4,6,12-13H,5,7-8H2,1-3H3,(H2,16,21)/t12-,13-/m0/s1. The van der Waals surface area contributed by atoms with Gasteiger partial charge in [0.15, 0.2) is 0 Å². The number of hydrogen-bond acceptors (Lipinski definition) is 5. The molecule has 2 aromatic heterocycles. The lowest BCUT2D eigenvalue weighted by atomic mass is 10.2. The minimum absolute atomic E-state index is 0.0400. The van der Waals surface area contributed by atoms with Crippen LogP contribution < -0.4 is 5.73 Å². The molecule has 2 aromatic rings. The molecule has 3 heterocycles. The summed E-state index contributed by atoms with van der Waals surface area (Å²) in [5, 5.41) is 0. The summed E-state index contributed by atoms with van der Waals surface area (Å²) >= 11 is 0. The molecule has 0 saturated carbocycles. The molecular formula is C15H21N5O2. The molecule has 1 aliphatic heterocycles. The maximum atomic E-state index is 11.7. The number of nitrogens with zero attached hydrogens (tertiary/aromatic N) is 4. The number of aromatic nitrogens is 3. The number of ether oxygens (including phenoxy) is 1. The van der Waals surface area contributed by atoms with Crippen LogP contribution in [0.4, 0.5) is 0 Å². The van der Waals surface area contributed by atoms with E-state index < -0.39 is 0 Å². The van der Waals surface area contributed by atoms with Gasteiger partial charge in [0.1, 0.15) is 0 Å². The van der Waals surface area contributed by atoms with E-state index in [1.807, 2.05) is 30.5 Å². The Morgan fingerprint density at radius 1 is 1.50 bits per heavy atom. The molecule has 1 saturated heterocycles. The van der Waals surface area contributed by atoms with Crippen LogP contribution in [0.1, 0.15) is 23.5 Å². The van der Waals surface area contributed by atoms with Crippen molar-refractivity contribution >= 4 is 11.7 Å². The Bertz CT molecular complexity index is 711. The molecule has 0 aliphatic carbocycles. The van der Waals surface area contributed by atoms with Gasteiger partial charge in [-0.25, -0.2) is 9.97 Å². The summed E-state index contributed by atoms with van der Waals surface area (Å²) in [5.41, 5.74) is 8.55. The zero-order valence-electron chi connectivity index (χ0n) is 13.1. The van der Waals surface area contributed by atoms with Crippen LogP contribution in [-0.4, -0.2) is 51.0 Å². The average Bonchev–Trinajstić information content (AvgIpc) is 3.03. The second-order valence-electron chi connectivity index (χ2n) is 5.86. The number of likely N-dealkylation sites (tertiary alicyclic amines) is 1. The number of primary amides is 1. The van der Waals surface area contributed by atoms with Crippen molar-refractivity contribution in [3.05, 3.63) is 29.3 Å². The quantitative estimate of drug-likeness (QED) is 0.885. The number of carbonyl (C=O) groups excluding carboxylic acids is 1. The maximum absolute atomic E-state index is 11.7. The first-order valence-corrected chi connectivity index (χ1v) is 7.36. The Morgan fingerprint density at radius 2 is 2.27 bits per heavy atom. The fraction of sp³-hybridized carbons (Fsp3) is 0.533. The van der Waals surface area contributed by atoms with Gasteiger partial charge < -0.3 is 10.5 Å². The Balaban J connectivity index is 1.91. The van der Waals surface area contributed by atoms with E-state index in [1.54, 1.807) is 7.11 Å². The topological polar surface area (TPSA) is 85.8 Å². The minimum Gasteiger partial charge on any atom is -0.380 e. The van der Waals surface area contributed by atoms with E-state index in [0.717, 1.165) is 17.1 Å². The zero-order valence-corrected chi connectivity index (χ0v) is 13.1. The maximum Gasteiger partial charge on any atom is 0.234 e. The van der Waals surface area contributed by atoms with Crippen molar-refractivity contribution in [2.45, 2.75) is 39.0 Å². The molecule has 118 valence electrons. The third kappa shape index (κ3) is 2.57. The van der Waals surface area contributed by atoms with E-state index in [2.05, 4.69) is 14.9 Å². The van der Waals surface area contributed by atoms with Crippen LogP contribution in [0, 0.1) is 13.8 Å². The number of imidazole rings is 1. The van der Waals surface area contributed by atoms with Gasteiger partial charge in [-0.1, -0.05) is 0 Å². The minimum atomic E-state index is -0.306. The van der Waals surface area contributed by atoms with E-state index in [-0.39, 0.29) is 18.1 Å². The number of hydrogen-bond donors (Lipinski definition) is 1. The summed E-state index contributed by atoms with van der Waals surface area (Å²) in [6.45, 7) is 5.27.